The fourth-order valence-corrected chi connectivity index (χ4v) is 1.68. The number of anilines is 1. The quantitative estimate of drug-likeness (QED) is 0.785. The highest BCUT2D eigenvalue weighted by Gasteiger charge is 2.21. The lowest BCUT2D eigenvalue weighted by Gasteiger charge is -2.02. The smallest absolute Gasteiger partial charge is 0.239 e. The molecule has 1 amide bonds. The van der Waals surface area contributed by atoms with Gasteiger partial charge < -0.3 is 10.6 Å². The van der Waals surface area contributed by atoms with Gasteiger partial charge in [-0.15, -0.1) is 11.3 Å². The predicted molar refractivity (Wildman–Crippen MR) is 56.5 cm³/mol. The maximum atomic E-state index is 11.3. The van der Waals surface area contributed by atoms with Gasteiger partial charge in [0.1, 0.15) is 5.82 Å². The molecule has 14 heavy (non-hydrogen) atoms. The molecule has 1 aliphatic carbocycles. The van der Waals surface area contributed by atoms with Crippen molar-refractivity contribution in [2.75, 3.05) is 11.9 Å². The molecule has 0 radical (unpaired) electrons. The van der Waals surface area contributed by atoms with Crippen molar-refractivity contribution < 1.29 is 4.79 Å². The van der Waals surface area contributed by atoms with Gasteiger partial charge >= 0.3 is 0 Å². The Balaban J connectivity index is 1.75. The number of hydrogen-bond donors (Lipinski definition) is 2. The van der Waals surface area contributed by atoms with Crippen LogP contribution in [0.1, 0.15) is 17.8 Å². The lowest BCUT2D eigenvalue weighted by molar-refractivity contribution is -0.115. The summed E-state index contributed by atoms with van der Waals surface area (Å²) in [4.78, 5) is 15.5. The second-order valence-corrected chi connectivity index (χ2v) is 4.52. The van der Waals surface area contributed by atoms with Gasteiger partial charge in [-0.25, -0.2) is 4.98 Å². The maximum Gasteiger partial charge on any atom is 0.239 e. The summed E-state index contributed by atoms with van der Waals surface area (Å²) >= 11 is 1.54. The van der Waals surface area contributed by atoms with Crippen LogP contribution in [0.25, 0.3) is 0 Å². The van der Waals surface area contributed by atoms with E-state index in [2.05, 4.69) is 15.6 Å². The summed E-state index contributed by atoms with van der Waals surface area (Å²) < 4.78 is 0. The molecule has 4 nitrogen and oxygen atoms in total. The van der Waals surface area contributed by atoms with Gasteiger partial charge in [-0.3, -0.25) is 4.79 Å². The van der Waals surface area contributed by atoms with Crippen molar-refractivity contribution >= 4 is 23.1 Å². The predicted octanol–water partition coefficient (Wildman–Crippen LogP) is 1.14. The Morgan fingerprint density at radius 2 is 2.50 bits per heavy atom. The van der Waals surface area contributed by atoms with Gasteiger partial charge in [0.2, 0.25) is 5.91 Å². The number of carbonyl (C=O) groups excluding carboxylic acids is 1. The molecule has 5 heteroatoms. The van der Waals surface area contributed by atoms with E-state index >= 15 is 0 Å². The molecule has 0 bridgehead atoms. The van der Waals surface area contributed by atoms with Crippen LogP contribution in [0.5, 0.6) is 0 Å². The van der Waals surface area contributed by atoms with E-state index < -0.39 is 0 Å². The lowest BCUT2D eigenvalue weighted by Crippen LogP contribution is -2.29. The van der Waals surface area contributed by atoms with E-state index in [0.717, 1.165) is 5.01 Å². The van der Waals surface area contributed by atoms with Crippen molar-refractivity contribution in [2.45, 2.75) is 25.8 Å². The van der Waals surface area contributed by atoms with E-state index in [0.29, 0.717) is 18.4 Å². The molecule has 1 aliphatic rings. The second kappa shape index (κ2) is 4.06. The van der Waals surface area contributed by atoms with Gasteiger partial charge in [0.25, 0.3) is 0 Å². The number of nitrogens with zero attached hydrogens (tertiary/aromatic N) is 1. The van der Waals surface area contributed by atoms with Crippen LogP contribution in [0.2, 0.25) is 0 Å². The third kappa shape index (κ3) is 2.78. The molecule has 1 saturated carbocycles. The number of thiazole rings is 1. The number of hydrogen-bond acceptors (Lipinski definition) is 4. The normalized spacial score (nSPS) is 15.5. The monoisotopic (exact) mass is 211 g/mol. The van der Waals surface area contributed by atoms with Crippen LogP contribution in [0, 0.1) is 6.92 Å². The summed E-state index contributed by atoms with van der Waals surface area (Å²) in [6, 6.07) is 0.568. The highest BCUT2D eigenvalue weighted by molar-refractivity contribution is 7.09. The Morgan fingerprint density at radius 1 is 1.71 bits per heavy atom. The number of nitrogens with one attached hydrogen (secondary N) is 2. The summed E-state index contributed by atoms with van der Waals surface area (Å²) in [6.07, 6.45) is 2.40. The fourth-order valence-electron chi connectivity index (χ4n) is 1.13. The number of rotatable bonds is 4. The molecule has 2 rings (SSSR count). The summed E-state index contributed by atoms with van der Waals surface area (Å²) in [7, 11) is 0. The molecule has 0 aliphatic heterocycles. The Morgan fingerprint density at radius 3 is 3.07 bits per heavy atom. The first kappa shape index (κ1) is 9.61. The molecule has 2 N–H and O–H groups in total. The minimum atomic E-state index is -0.0119. The van der Waals surface area contributed by atoms with Crippen LogP contribution in [-0.4, -0.2) is 23.5 Å². The molecule has 1 heterocycles. The first-order valence-electron chi connectivity index (χ1n) is 4.69. The molecule has 76 valence electrons. The minimum absolute atomic E-state index is 0.0119. The van der Waals surface area contributed by atoms with Crippen LogP contribution in [-0.2, 0) is 4.79 Å². The molecule has 1 aromatic heterocycles. The van der Waals surface area contributed by atoms with Gasteiger partial charge in [0.05, 0.1) is 11.6 Å². The van der Waals surface area contributed by atoms with Crippen LogP contribution in [0.4, 0.5) is 5.82 Å². The van der Waals surface area contributed by atoms with Crippen molar-refractivity contribution in [3.8, 4) is 0 Å². The number of carbonyl (C=O) groups is 1. The molecule has 1 fully saturated rings. The summed E-state index contributed by atoms with van der Waals surface area (Å²) in [5, 5.41) is 8.71. The average molecular weight is 211 g/mol. The van der Waals surface area contributed by atoms with Gasteiger partial charge in [-0.2, -0.15) is 0 Å². The van der Waals surface area contributed by atoms with E-state index in [9.17, 15) is 4.79 Å². The zero-order valence-electron chi connectivity index (χ0n) is 8.04. The number of amides is 1. The highest BCUT2D eigenvalue weighted by atomic mass is 32.1. The summed E-state index contributed by atoms with van der Waals surface area (Å²) in [5.74, 6) is 0.650. The van der Waals surface area contributed by atoms with Crippen molar-refractivity contribution in [3.63, 3.8) is 0 Å². The van der Waals surface area contributed by atoms with Crippen molar-refractivity contribution in [2.24, 2.45) is 0 Å². The van der Waals surface area contributed by atoms with Crippen molar-refractivity contribution in [3.05, 3.63) is 10.4 Å². The number of aryl methyl sites for hydroxylation is 1. The Kier molecular flexibility index (Phi) is 2.79. The molecular weight excluding hydrogens is 198 g/mol. The Bertz CT molecular complexity index is 333. The SMILES string of the molecule is Cc1nc(NC(=O)CNC2CC2)cs1. The molecule has 0 spiro atoms. The third-order valence-corrected chi connectivity index (χ3v) is 2.79. The molecule has 0 unspecified atom stereocenters. The van der Waals surface area contributed by atoms with E-state index in [1.807, 2.05) is 12.3 Å². The summed E-state index contributed by atoms with van der Waals surface area (Å²) in [6.45, 7) is 2.31. The number of aromatic nitrogens is 1. The van der Waals surface area contributed by atoms with E-state index in [4.69, 9.17) is 0 Å². The Hall–Kier alpha value is -0.940. The Labute approximate surface area is 86.7 Å². The lowest BCUT2D eigenvalue weighted by atomic mass is 10.5. The highest BCUT2D eigenvalue weighted by Crippen LogP contribution is 2.18. The van der Waals surface area contributed by atoms with Crippen LogP contribution in [0.15, 0.2) is 5.38 Å². The topological polar surface area (TPSA) is 54.0 Å². The molecule has 1 aromatic rings. The van der Waals surface area contributed by atoms with Gasteiger partial charge in [0, 0.05) is 11.4 Å². The van der Waals surface area contributed by atoms with Crippen LogP contribution in [0.3, 0.4) is 0 Å². The summed E-state index contributed by atoms with van der Waals surface area (Å²) in [5.41, 5.74) is 0. The first-order valence-corrected chi connectivity index (χ1v) is 5.57. The largest absolute Gasteiger partial charge is 0.309 e. The zero-order valence-corrected chi connectivity index (χ0v) is 8.86. The van der Waals surface area contributed by atoms with Gasteiger partial charge in [-0.1, -0.05) is 0 Å². The van der Waals surface area contributed by atoms with E-state index in [1.54, 1.807) is 0 Å². The minimum Gasteiger partial charge on any atom is -0.309 e. The standard InChI is InChI=1S/C9H13N3OS/c1-6-11-8(5-14-6)12-9(13)4-10-7-2-3-7/h5,7,10H,2-4H2,1H3,(H,12,13). The molecule has 0 aromatic carbocycles. The van der Waals surface area contributed by atoms with Crippen molar-refractivity contribution in [1.82, 2.24) is 10.3 Å². The molecule has 0 atom stereocenters. The van der Waals surface area contributed by atoms with Crippen molar-refractivity contribution in [1.29, 1.82) is 0 Å². The van der Waals surface area contributed by atoms with Crippen LogP contribution < -0.4 is 10.6 Å². The maximum absolute atomic E-state index is 11.3. The van der Waals surface area contributed by atoms with Gasteiger partial charge in [0.15, 0.2) is 0 Å². The molecular formula is C9H13N3OS. The average Bonchev–Trinajstić information content (AvgIpc) is 2.88. The fraction of sp³-hybridized carbons (Fsp3) is 0.556. The molecule has 0 saturated heterocycles. The van der Waals surface area contributed by atoms with Gasteiger partial charge in [-0.05, 0) is 19.8 Å². The van der Waals surface area contributed by atoms with E-state index in [1.165, 1.54) is 24.2 Å². The first-order chi connectivity index (χ1) is 6.74. The van der Waals surface area contributed by atoms with E-state index in [-0.39, 0.29) is 5.91 Å². The third-order valence-electron chi connectivity index (χ3n) is 2.02. The zero-order chi connectivity index (χ0) is 9.97. The second-order valence-electron chi connectivity index (χ2n) is 3.46. The van der Waals surface area contributed by atoms with Crippen LogP contribution >= 0.6 is 11.3 Å².